The van der Waals surface area contributed by atoms with Crippen LogP contribution in [0.1, 0.15) is 57.7 Å². The Bertz CT molecular complexity index is 350. The molecule has 0 aromatic carbocycles. The zero-order chi connectivity index (χ0) is 13.4. The summed E-state index contributed by atoms with van der Waals surface area (Å²) >= 11 is 0. The third-order valence-corrected chi connectivity index (χ3v) is 3.38. The van der Waals surface area contributed by atoms with Crippen LogP contribution in [-0.4, -0.2) is 10.8 Å². The Hall–Kier alpha value is -1.18. The van der Waals surface area contributed by atoms with Gasteiger partial charge < -0.3 is 0 Å². The van der Waals surface area contributed by atoms with Gasteiger partial charge in [-0.15, -0.1) is 0 Å². The molecule has 0 radical (unpaired) electrons. The van der Waals surface area contributed by atoms with E-state index in [1.165, 1.54) is 5.56 Å². The van der Waals surface area contributed by atoms with Crippen molar-refractivity contribution in [2.45, 2.75) is 59.3 Å². The number of aromatic nitrogens is 1. The van der Waals surface area contributed by atoms with Crippen molar-refractivity contribution in [3.05, 3.63) is 29.6 Å². The van der Waals surface area contributed by atoms with E-state index in [2.05, 4.69) is 31.8 Å². The third kappa shape index (κ3) is 4.59. The van der Waals surface area contributed by atoms with Gasteiger partial charge in [0.2, 0.25) is 0 Å². The number of hydrogen-bond donors (Lipinski definition) is 0. The average Bonchev–Trinajstić information content (AvgIpc) is 2.39. The van der Waals surface area contributed by atoms with E-state index in [1.54, 1.807) is 0 Å². The Labute approximate surface area is 111 Å². The zero-order valence-electron chi connectivity index (χ0n) is 11.9. The van der Waals surface area contributed by atoms with E-state index in [9.17, 15) is 4.79 Å². The summed E-state index contributed by atoms with van der Waals surface area (Å²) in [5.41, 5.74) is 2.14. The van der Waals surface area contributed by atoms with Crippen LogP contribution in [0.25, 0.3) is 0 Å². The van der Waals surface area contributed by atoms with E-state index in [-0.39, 0.29) is 5.92 Å². The SMILES string of the molecule is CCCC(CCC)C(=O)Cc1ccc(CC)cn1. The molecule has 18 heavy (non-hydrogen) atoms. The lowest BCUT2D eigenvalue weighted by Gasteiger charge is -2.13. The second-order valence-electron chi connectivity index (χ2n) is 4.93. The highest BCUT2D eigenvalue weighted by Crippen LogP contribution is 2.16. The van der Waals surface area contributed by atoms with E-state index >= 15 is 0 Å². The first kappa shape index (κ1) is 14.9. The maximum atomic E-state index is 12.2. The quantitative estimate of drug-likeness (QED) is 0.695. The Balaban J connectivity index is 2.60. The highest BCUT2D eigenvalue weighted by Gasteiger charge is 2.17. The van der Waals surface area contributed by atoms with Crippen molar-refractivity contribution in [2.75, 3.05) is 0 Å². The molecule has 0 saturated carbocycles. The summed E-state index contributed by atoms with van der Waals surface area (Å²) in [5.74, 6) is 0.586. The molecular formula is C16H25NO. The molecule has 0 atom stereocenters. The summed E-state index contributed by atoms with van der Waals surface area (Å²) < 4.78 is 0. The molecule has 2 nitrogen and oxygen atoms in total. The Morgan fingerprint density at radius 3 is 2.28 bits per heavy atom. The van der Waals surface area contributed by atoms with Crippen LogP contribution >= 0.6 is 0 Å². The molecule has 0 N–H and O–H groups in total. The first-order valence-electron chi connectivity index (χ1n) is 7.17. The maximum Gasteiger partial charge on any atom is 0.141 e. The largest absolute Gasteiger partial charge is 0.299 e. The number of carbonyl (C=O) groups is 1. The van der Waals surface area contributed by atoms with E-state index in [0.717, 1.165) is 37.8 Å². The minimum atomic E-state index is 0.229. The fraction of sp³-hybridized carbons (Fsp3) is 0.625. The van der Waals surface area contributed by atoms with Gasteiger partial charge in [0.1, 0.15) is 5.78 Å². The summed E-state index contributed by atoms with van der Waals surface area (Å²) in [6, 6.07) is 4.07. The molecule has 0 bridgehead atoms. The Morgan fingerprint density at radius 2 is 1.83 bits per heavy atom. The summed E-state index contributed by atoms with van der Waals surface area (Å²) in [6.07, 6.45) is 7.57. The molecule has 1 aromatic rings. The number of pyridine rings is 1. The van der Waals surface area contributed by atoms with Crippen molar-refractivity contribution in [3.63, 3.8) is 0 Å². The molecule has 0 aliphatic rings. The molecule has 0 amide bonds. The van der Waals surface area contributed by atoms with Crippen molar-refractivity contribution in [1.82, 2.24) is 4.98 Å². The lowest BCUT2D eigenvalue weighted by Crippen LogP contribution is -2.17. The molecule has 0 aliphatic heterocycles. The molecule has 0 saturated heterocycles. The van der Waals surface area contributed by atoms with Crippen LogP contribution in [0, 0.1) is 5.92 Å². The van der Waals surface area contributed by atoms with Gasteiger partial charge in [0.25, 0.3) is 0 Å². The van der Waals surface area contributed by atoms with Gasteiger partial charge in [0, 0.05) is 24.2 Å². The number of carbonyl (C=O) groups excluding carboxylic acids is 1. The van der Waals surface area contributed by atoms with Crippen LogP contribution in [-0.2, 0) is 17.6 Å². The molecule has 0 fully saturated rings. The minimum absolute atomic E-state index is 0.229. The third-order valence-electron chi connectivity index (χ3n) is 3.38. The molecule has 2 heteroatoms. The van der Waals surface area contributed by atoms with Crippen molar-refractivity contribution in [3.8, 4) is 0 Å². The van der Waals surface area contributed by atoms with Crippen molar-refractivity contribution < 1.29 is 4.79 Å². The summed E-state index contributed by atoms with van der Waals surface area (Å²) in [5, 5.41) is 0. The molecule has 1 heterocycles. The molecule has 0 spiro atoms. The lowest BCUT2D eigenvalue weighted by molar-refractivity contribution is -0.122. The summed E-state index contributed by atoms with van der Waals surface area (Å²) in [4.78, 5) is 16.6. The van der Waals surface area contributed by atoms with Crippen LogP contribution < -0.4 is 0 Å². The number of hydrogen-bond acceptors (Lipinski definition) is 2. The van der Waals surface area contributed by atoms with Gasteiger partial charge in [-0.2, -0.15) is 0 Å². The number of ketones is 1. The van der Waals surface area contributed by atoms with Crippen LogP contribution in [0.2, 0.25) is 0 Å². The van der Waals surface area contributed by atoms with Crippen molar-refractivity contribution in [2.24, 2.45) is 5.92 Å². The number of aryl methyl sites for hydroxylation is 1. The van der Waals surface area contributed by atoms with E-state index < -0.39 is 0 Å². The topological polar surface area (TPSA) is 30.0 Å². The smallest absolute Gasteiger partial charge is 0.141 e. The highest BCUT2D eigenvalue weighted by atomic mass is 16.1. The predicted molar refractivity (Wildman–Crippen MR) is 75.6 cm³/mol. The van der Waals surface area contributed by atoms with E-state index in [1.807, 2.05) is 12.3 Å². The number of Topliss-reactive ketones (excluding diaryl/α,β-unsaturated/α-hetero) is 1. The van der Waals surface area contributed by atoms with E-state index in [4.69, 9.17) is 0 Å². The summed E-state index contributed by atoms with van der Waals surface area (Å²) in [6.45, 7) is 6.40. The van der Waals surface area contributed by atoms with Crippen LogP contribution in [0.15, 0.2) is 18.3 Å². The van der Waals surface area contributed by atoms with Gasteiger partial charge in [0.15, 0.2) is 0 Å². The van der Waals surface area contributed by atoms with Gasteiger partial charge in [-0.3, -0.25) is 9.78 Å². The van der Waals surface area contributed by atoms with Crippen LogP contribution in [0.3, 0.4) is 0 Å². The monoisotopic (exact) mass is 247 g/mol. The van der Waals surface area contributed by atoms with Gasteiger partial charge in [-0.05, 0) is 30.9 Å². The summed E-state index contributed by atoms with van der Waals surface area (Å²) in [7, 11) is 0. The minimum Gasteiger partial charge on any atom is -0.299 e. The van der Waals surface area contributed by atoms with Crippen LogP contribution in [0.5, 0.6) is 0 Å². The number of rotatable bonds is 8. The molecule has 0 unspecified atom stereocenters. The van der Waals surface area contributed by atoms with Gasteiger partial charge in [-0.25, -0.2) is 0 Å². The van der Waals surface area contributed by atoms with E-state index in [0.29, 0.717) is 12.2 Å². The molecule has 1 rings (SSSR count). The highest BCUT2D eigenvalue weighted by molar-refractivity contribution is 5.82. The second-order valence-corrected chi connectivity index (χ2v) is 4.93. The molecule has 100 valence electrons. The van der Waals surface area contributed by atoms with Gasteiger partial charge in [0.05, 0.1) is 0 Å². The standard InChI is InChI=1S/C16H25NO/c1-4-7-14(8-5-2)16(18)11-15-10-9-13(6-3)12-17-15/h9-10,12,14H,4-8,11H2,1-3H3. The Kier molecular flexibility index (Phi) is 6.63. The Morgan fingerprint density at radius 1 is 1.17 bits per heavy atom. The molecular weight excluding hydrogens is 222 g/mol. The maximum absolute atomic E-state index is 12.2. The second kappa shape index (κ2) is 8.02. The van der Waals surface area contributed by atoms with Crippen molar-refractivity contribution >= 4 is 5.78 Å². The van der Waals surface area contributed by atoms with Crippen LogP contribution in [0.4, 0.5) is 0 Å². The zero-order valence-corrected chi connectivity index (χ0v) is 11.9. The predicted octanol–water partition coefficient (Wildman–Crippen LogP) is 3.97. The fourth-order valence-corrected chi connectivity index (χ4v) is 2.25. The molecule has 0 aliphatic carbocycles. The van der Waals surface area contributed by atoms with Gasteiger partial charge in [-0.1, -0.05) is 39.7 Å². The van der Waals surface area contributed by atoms with Gasteiger partial charge >= 0.3 is 0 Å². The number of nitrogens with zero attached hydrogens (tertiary/aromatic N) is 1. The van der Waals surface area contributed by atoms with Crippen molar-refractivity contribution in [1.29, 1.82) is 0 Å². The average molecular weight is 247 g/mol. The normalized spacial score (nSPS) is 10.9. The first-order chi connectivity index (χ1) is 8.71. The lowest BCUT2D eigenvalue weighted by atomic mass is 9.91. The first-order valence-corrected chi connectivity index (χ1v) is 7.17. The fourth-order valence-electron chi connectivity index (χ4n) is 2.25. The molecule has 1 aromatic heterocycles.